The number of fused-ring (bicyclic) bond motifs is 1. The molecule has 0 saturated carbocycles. The number of pyridine rings is 1. The van der Waals surface area contributed by atoms with Crippen molar-refractivity contribution in [2.75, 3.05) is 19.0 Å². The quantitative estimate of drug-likeness (QED) is 0.706. The molecule has 21 heavy (non-hydrogen) atoms. The van der Waals surface area contributed by atoms with Crippen LogP contribution in [0.2, 0.25) is 0 Å². The van der Waals surface area contributed by atoms with Crippen molar-refractivity contribution in [3.63, 3.8) is 0 Å². The van der Waals surface area contributed by atoms with Gasteiger partial charge in [0.05, 0.1) is 7.11 Å². The average molecular weight is 282 g/mol. The predicted molar refractivity (Wildman–Crippen MR) is 83.6 cm³/mol. The summed E-state index contributed by atoms with van der Waals surface area (Å²) in [5, 5.41) is 9.74. The lowest BCUT2D eigenvalue weighted by Gasteiger charge is -2.10. The van der Waals surface area contributed by atoms with E-state index in [0.717, 1.165) is 41.9 Å². The number of benzene rings is 1. The number of methoxy groups -OCH3 is 1. The Labute approximate surface area is 123 Å². The Hall–Kier alpha value is -2.56. The second-order valence-electron chi connectivity index (χ2n) is 4.76. The minimum Gasteiger partial charge on any atom is -0.496 e. The molecule has 0 unspecified atom stereocenters. The fourth-order valence-corrected chi connectivity index (χ4v) is 2.38. The second kappa shape index (κ2) is 6.26. The second-order valence-corrected chi connectivity index (χ2v) is 4.76. The van der Waals surface area contributed by atoms with Crippen molar-refractivity contribution in [1.29, 1.82) is 0 Å². The van der Waals surface area contributed by atoms with Gasteiger partial charge in [-0.3, -0.25) is 4.68 Å². The summed E-state index contributed by atoms with van der Waals surface area (Å²) in [7, 11) is 1.69. The number of hydrogen-bond acceptors (Lipinski definition) is 4. The lowest BCUT2D eigenvalue weighted by atomic mass is 10.1. The first-order valence-electron chi connectivity index (χ1n) is 7.01. The van der Waals surface area contributed by atoms with Crippen LogP contribution in [0.3, 0.4) is 0 Å². The van der Waals surface area contributed by atoms with Crippen molar-refractivity contribution in [3.05, 3.63) is 48.9 Å². The summed E-state index contributed by atoms with van der Waals surface area (Å²) in [5.74, 6) is 1.77. The first-order chi connectivity index (χ1) is 10.4. The summed E-state index contributed by atoms with van der Waals surface area (Å²) >= 11 is 0. The number of anilines is 1. The van der Waals surface area contributed by atoms with Gasteiger partial charge < -0.3 is 10.1 Å². The third kappa shape index (κ3) is 2.97. The molecule has 2 heterocycles. The molecule has 0 amide bonds. The van der Waals surface area contributed by atoms with Crippen molar-refractivity contribution in [2.45, 2.75) is 13.0 Å². The topological polar surface area (TPSA) is 52.0 Å². The maximum absolute atomic E-state index is 5.39. The smallest absolute Gasteiger partial charge is 0.133 e. The lowest BCUT2D eigenvalue weighted by Crippen LogP contribution is -2.08. The van der Waals surface area contributed by atoms with Gasteiger partial charge in [-0.2, -0.15) is 5.10 Å². The first-order valence-corrected chi connectivity index (χ1v) is 7.01. The Balaban J connectivity index is 1.69. The standard InChI is InChI=1S/C16H18N4O/c1-21-15-6-2-5-14-13(15)7-10-18-16(14)17-8-3-11-20-12-4-9-19-20/h2,4-7,9-10,12H,3,8,11H2,1H3,(H,17,18). The number of ether oxygens (including phenoxy) is 1. The van der Waals surface area contributed by atoms with Crippen LogP contribution in [0, 0.1) is 0 Å². The number of nitrogens with zero attached hydrogens (tertiary/aromatic N) is 3. The molecule has 0 spiro atoms. The molecule has 1 aromatic carbocycles. The SMILES string of the molecule is COc1cccc2c(NCCCn3cccn3)nccc12. The van der Waals surface area contributed by atoms with Crippen LogP contribution >= 0.6 is 0 Å². The lowest BCUT2D eigenvalue weighted by molar-refractivity contribution is 0.420. The summed E-state index contributed by atoms with van der Waals surface area (Å²) < 4.78 is 7.32. The maximum Gasteiger partial charge on any atom is 0.133 e. The normalized spacial score (nSPS) is 10.7. The average Bonchev–Trinajstić information content (AvgIpc) is 3.04. The molecular weight excluding hydrogens is 264 g/mol. The molecule has 0 atom stereocenters. The highest BCUT2D eigenvalue weighted by Crippen LogP contribution is 2.28. The fourth-order valence-electron chi connectivity index (χ4n) is 2.38. The summed E-state index contributed by atoms with van der Waals surface area (Å²) in [6.45, 7) is 1.75. The van der Waals surface area contributed by atoms with Crippen LogP contribution < -0.4 is 10.1 Å². The van der Waals surface area contributed by atoms with Gasteiger partial charge in [-0.25, -0.2) is 4.98 Å². The van der Waals surface area contributed by atoms with Gasteiger partial charge in [0.25, 0.3) is 0 Å². The molecule has 2 aromatic heterocycles. The van der Waals surface area contributed by atoms with Crippen molar-refractivity contribution >= 4 is 16.6 Å². The zero-order chi connectivity index (χ0) is 14.5. The summed E-state index contributed by atoms with van der Waals surface area (Å²) in [6, 6.07) is 9.91. The van der Waals surface area contributed by atoms with Gasteiger partial charge in [-0.1, -0.05) is 12.1 Å². The van der Waals surface area contributed by atoms with Crippen LogP contribution in [0.1, 0.15) is 6.42 Å². The minimum absolute atomic E-state index is 0.850. The zero-order valence-electron chi connectivity index (χ0n) is 12.0. The van der Waals surface area contributed by atoms with E-state index in [1.54, 1.807) is 19.5 Å². The molecule has 3 aromatic rings. The van der Waals surface area contributed by atoms with Crippen LogP contribution in [0.25, 0.3) is 10.8 Å². The van der Waals surface area contributed by atoms with Crippen LogP contribution in [0.4, 0.5) is 5.82 Å². The highest BCUT2D eigenvalue weighted by molar-refractivity contribution is 5.95. The molecule has 0 radical (unpaired) electrons. The molecule has 108 valence electrons. The van der Waals surface area contributed by atoms with Gasteiger partial charge in [0.2, 0.25) is 0 Å². The molecule has 0 bridgehead atoms. The van der Waals surface area contributed by atoms with Crippen molar-refractivity contribution in [1.82, 2.24) is 14.8 Å². The summed E-state index contributed by atoms with van der Waals surface area (Å²) in [4.78, 5) is 4.43. The Kier molecular flexibility index (Phi) is 4.00. The summed E-state index contributed by atoms with van der Waals surface area (Å²) in [6.07, 6.45) is 6.57. The van der Waals surface area contributed by atoms with Crippen LogP contribution in [-0.2, 0) is 6.54 Å². The van der Waals surface area contributed by atoms with Crippen LogP contribution in [0.5, 0.6) is 5.75 Å². The zero-order valence-corrected chi connectivity index (χ0v) is 12.0. The monoisotopic (exact) mass is 282 g/mol. The van der Waals surface area contributed by atoms with Crippen molar-refractivity contribution < 1.29 is 4.74 Å². The van der Waals surface area contributed by atoms with E-state index in [0.29, 0.717) is 0 Å². The van der Waals surface area contributed by atoms with Crippen molar-refractivity contribution in [2.24, 2.45) is 0 Å². The molecule has 5 heteroatoms. The van der Waals surface area contributed by atoms with Gasteiger partial charge in [-0.15, -0.1) is 0 Å². The van der Waals surface area contributed by atoms with Gasteiger partial charge in [-0.05, 0) is 24.6 Å². The minimum atomic E-state index is 0.850. The van der Waals surface area contributed by atoms with E-state index in [-0.39, 0.29) is 0 Å². The molecule has 0 aliphatic heterocycles. The van der Waals surface area contributed by atoms with E-state index < -0.39 is 0 Å². The molecule has 5 nitrogen and oxygen atoms in total. The van der Waals surface area contributed by atoms with Crippen LogP contribution in [0.15, 0.2) is 48.9 Å². The number of hydrogen-bond donors (Lipinski definition) is 1. The highest BCUT2D eigenvalue weighted by Gasteiger charge is 2.05. The van der Waals surface area contributed by atoms with Crippen LogP contribution in [-0.4, -0.2) is 28.4 Å². The number of aryl methyl sites for hydroxylation is 1. The van der Waals surface area contributed by atoms with Gasteiger partial charge in [0.1, 0.15) is 11.6 Å². The molecule has 0 saturated heterocycles. The number of nitrogens with one attached hydrogen (secondary N) is 1. The third-order valence-electron chi connectivity index (χ3n) is 3.40. The highest BCUT2D eigenvalue weighted by atomic mass is 16.5. The first kappa shape index (κ1) is 13.4. The molecule has 0 aliphatic rings. The molecule has 0 aliphatic carbocycles. The molecule has 3 rings (SSSR count). The molecule has 0 fully saturated rings. The summed E-state index contributed by atoms with van der Waals surface area (Å²) in [5.41, 5.74) is 0. The largest absolute Gasteiger partial charge is 0.496 e. The van der Waals surface area contributed by atoms with Gasteiger partial charge in [0.15, 0.2) is 0 Å². The Morgan fingerprint density at radius 2 is 2.10 bits per heavy atom. The third-order valence-corrected chi connectivity index (χ3v) is 3.40. The fraction of sp³-hybridized carbons (Fsp3) is 0.250. The maximum atomic E-state index is 5.39. The van der Waals surface area contributed by atoms with Gasteiger partial charge >= 0.3 is 0 Å². The molecule has 1 N–H and O–H groups in total. The van der Waals surface area contributed by atoms with E-state index in [2.05, 4.69) is 21.5 Å². The van der Waals surface area contributed by atoms with Crippen molar-refractivity contribution in [3.8, 4) is 5.75 Å². The predicted octanol–water partition coefficient (Wildman–Crippen LogP) is 2.94. The Morgan fingerprint density at radius 1 is 1.14 bits per heavy atom. The Bertz CT molecular complexity index is 709. The van der Waals surface area contributed by atoms with E-state index >= 15 is 0 Å². The van der Waals surface area contributed by atoms with E-state index in [9.17, 15) is 0 Å². The molecular formula is C16H18N4O. The Morgan fingerprint density at radius 3 is 2.90 bits per heavy atom. The van der Waals surface area contributed by atoms with E-state index in [1.807, 2.05) is 35.1 Å². The number of aromatic nitrogens is 3. The van der Waals surface area contributed by atoms with Gasteiger partial charge in [0, 0.05) is 42.5 Å². The number of rotatable bonds is 6. The van der Waals surface area contributed by atoms with E-state index in [1.165, 1.54) is 0 Å². The van der Waals surface area contributed by atoms with E-state index in [4.69, 9.17) is 4.74 Å².